The van der Waals surface area contributed by atoms with Gasteiger partial charge in [-0.05, 0) is 76.9 Å². The predicted molar refractivity (Wildman–Crippen MR) is 151 cm³/mol. The molecule has 0 fully saturated rings. The van der Waals surface area contributed by atoms with Crippen LogP contribution in [0.2, 0.25) is 0 Å². The molecule has 3 rings (SSSR count). The number of carbonyl (C=O) groups excluding carboxylic acids is 1. The number of likely N-dealkylation sites (N-methyl/N-ethyl adjacent to an activating group) is 1. The summed E-state index contributed by atoms with van der Waals surface area (Å²) in [6.07, 6.45) is 2.36. The van der Waals surface area contributed by atoms with Crippen molar-refractivity contribution in [3.63, 3.8) is 0 Å². The van der Waals surface area contributed by atoms with E-state index in [2.05, 4.69) is 16.5 Å². The van der Waals surface area contributed by atoms with Gasteiger partial charge in [-0.1, -0.05) is 13.0 Å². The van der Waals surface area contributed by atoms with Gasteiger partial charge in [0.05, 0.1) is 30.4 Å². The number of rotatable bonds is 7. The number of benzene rings is 1. The molecule has 9 nitrogen and oxygen atoms in total. The highest BCUT2D eigenvalue weighted by atomic mass is 32.2. The zero-order valence-electron chi connectivity index (χ0n) is 22.9. The van der Waals surface area contributed by atoms with Crippen LogP contribution in [0.15, 0.2) is 39.9 Å². The summed E-state index contributed by atoms with van der Waals surface area (Å²) in [5, 5.41) is 11.7. The van der Waals surface area contributed by atoms with E-state index < -0.39 is 16.1 Å². The van der Waals surface area contributed by atoms with E-state index in [1.54, 1.807) is 35.4 Å². The highest BCUT2D eigenvalue weighted by Gasteiger charge is 2.30. The van der Waals surface area contributed by atoms with Gasteiger partial charge in [0.1, 0.15) is 9.96 Å². The first-order valence-corrected chi connectivity index (χ1v) is 15.4. The molecule has 1 aliphatic rings. The number of amides is 1. The fourth-order valence-electron chi connectivity index (χ4n) is 4.43. The number of ether oxygens (including phenoxy) is 2. The first-order chi connectivity index (χ1) is 18.0. The zero-order chi connectivity index (χ0) is 27.9. The van der Waals surface area contributed by atoms with Crippen molar-refractivity contribution in [2.75, 3.05) is 45.1 Å². The number of nitrogens with zero attached hydrogens (tertiary/aromatic N) is 2. The number of fused-ring (bicyclic) bond motifs is 1. The van der Waals surface area contributed by atoms with Gasteiger partial charge in [0.2, 0.25) is 0 Å². The number of aliphatic hydroxyl groups is 1. The maximum absolute atomic E-state index is 14.0. The summed E-state index contributed by atoms with van der Waals surface area (Å²) in [5.41, 5.74) is 0.513. The van der Waals surface area contributed by atoms with Crippen LogP contribution in [0.5, 0.6) is 5.75 Å². The predicted octanol–water partition coefficient (Wildman–Crippen LogP) is 3.91. The Morgan fingerprint density at radius 2 is 2.00 bits per heavy atom. The van der Waals surface area contributed by atoms with Gasteiger partial charge in [0.25, 0.3) is 15.9 Å². The van der Waals surface area contributed by atoms with Crippen LogP contribution in [0.1, 0.15) is 50.4 Å². The molecule has 38 heavy (non-hydrogen) atoms. The summed E-state index contributed by atoms with van der Waals surface area (Å²) < 4.78 is 40.9. The quantitative estimate of drug-likeness (QED) is 0.522. The Labute approximate surface area is 230 Å². The molecule has 0 saturated heterocycles. The Kier molecular flexibility index (Phi) is 11.0. The van der Waals surface area contributed by atoms with E-state index in [9.17, 15) is 18.3 Å². The topological polar surface area (TPSA) is 108 Å². The van der Waals surface area contributed by atoms with E-state index in [1.165, 1.54) is 12.1 Å². The van der Waals surface area contributed by atoms with Gasteiger partial charge in [0, 0.05) is 31.3 Å². The third kappa shape index (κ3) is 8.16. The molecule has 0 spiro atoms. The minimum Gasteiger partial charge on any atom is -0.490 e. The van der Waals surface area contributed by atoms with Crippen molar-refractivity contribution in [1.29, 1.82) is 0 Å². The molecule has 4 atom stereocenters. The second-order valence-corrected chi connectivity index (χ2v) is 13.2. The van der Waals surface area contributed by atoms with Crippen molar-refractivity contribution in [2.24, 2.45) is 5.92 Å². The molecule has 0 bridgehead atoms. The maximum Gasteiger partial charge on any atom is 0.271 e. The Morgan fingerprint density at radius 3 is 2.66 bits per heavy atom. The zero-order valence-corrected chi connectivity index (χ0v) is 24.6. The third-order valence-corrected chi connectivity index (χ3v) is 9.39. The molecule has 1 amide bonds. The SMILES string of the molecule is C[C@H](CO)N1C[C@H](C)[C@H](CN(C)C)OCCCC[C@H](C)Oc2ccc(NS(=O)(=O)c3cccs3)cc2C1=O. The highest BCUT2D eigenvalue weighted by molar-refractivity contribution is 7.94. The van der Waals surface area contributed by atoms with Gasteiger partial charge in [-0.2, -0.15) is 0 Å². The van der Waals surface area contributed by atoms with Crippen LogP contribution in [0, 0.1) is 5.92 Å². The van der Waals surface area contributed by atoms with E-state index in [0.29, 0.717) is 25.4 Å². The second kappa shape index (κ2) is 13.7. The summed E-state index contributed by atoms with van der Waals surface area (Å²) in [5.74, 6) is 0.0445. The Hall–Kier alpha value is -2.18. The summed E-state index contributed by atoms with van der Waals surface area (Å²) in [6, 6.07) is 7.51. The fourth-order valence-corrected chi connectivity index (χ4v) is 6.47. The van der Waals surface area contributed by atoms with E-state index in [4.69, 9.17) is 9.47 Å². The van der Waals surface area contributed by atoms with Crippen LogP contribution < -0.4 is 9.46 Å². The molecule has 1 aromatic heterocycles. The van der Waals surface area contributed by atoms with E-state index in [-0.39, 0.29) is 46.1 Å². The summed E-state index contributed by atoms with van der Waals surface area (Å²) in [6.45, 7) is 7.29. The molecular formula is C27H41N3O6S2. The first kappa shape index (κ1) is 30.4. The number of hydrogen-bond donors (Lipinski definition) is 2. The molecule has 0 aliphatic carbocycles. The van der Waals surface area contributed by atoms with Crippen molar-refractivity contribution in [3.05, 3.63) is 41.3 Å². The molecule has 0 radical (unpaired) electrons. The largest absolute Gasteiger partial charge is 0.490 e. The van der Waals surface area contributed by atoms with Crippen molar-refractivity contribution in [2.45, 2.75) is 62.5 Å². The minimum atomic E-state index is -3.79. The van der Waals surface area contributed by atoms with Crippen molar-refractivity contribution >= 4 is 33.0 Å². The summed E-state index contributed by atoms with van der Waals surface area (Å²) >= 11 is 1.12. The van der Waals surface area contributed by atoms with Gasteiger partial charge in [-0.3, -0.25) is 9.52 Å². The Balaban J connectivity index is 2.01. The van der Waals surface area contributed by atoms with Gasteiger partial charge >= 0.3 is 0 Å². The number of carbonyl (C=O) groups is 1. The lowest BCUT2D eigenvalue weighted by Gasteiger charge is -2.35. The molecule has 212 valence electrons. The lowest BCUT2D eigenvalue weighted by atomic mass is 10.0. The van der Waals surface area contributed by atoms with Crippen LogP contribution in [-0.2, 0) is 14.8 Å². The van der Waals surface area contributed by atoms with Crippen molar-refractivity contribution in [1.82, 2.24) is 9.80 Å². The van der Waals surface area contributed by atoms with Crippen LogP contribution >= 0.6 is 11.3 Å². The lowest BCUT2D eigenvalue weighted by Crippen LogP contribution is -2.47. The van der Waals surface area contributed by atoms with E-state index in [1.807, 2.05) is 21.0 Å². The Morgan fingerprint density at radius 1 is 1.24 bits per heavy atom. The van der Waals surface area contributed by atoms with Crippen LogP contribution in [-0.4, -0.2) is 87.9 Å². The highest BCUT2D eigenvalue weighted by Crippen LogP contribution is 2.30. The monoisotopic (exact) mass is 567 g/mol. The Bertz CT molecular complexity index is 1140. The number of thiophene rings is 1. The van der Waals surface area contributed by atoms with E-state index in [0.717, 1.165) is 30.6 Å². The normalized spacial score (nSPS) is 22.9. The molecule has 0 saturated carbocycles. The summed E-state index contributed by atoms with van der Waals surface area (Å²) in [4.78, 5) is 17.7. The smallest absolute Gasteiger partial charge is 0.271 e. The lowest BCUT2D eigenvalue weighted by molar-refractivity contribution is -0.0137. The number of sulfonamides is 1. The standard InChI is InChI=1S/C27H41N3O6S2/c1-19-16-30(20(2)18-31)27(32)23-15-22(28-38(33,34)26-10-8-14-37-26)11-12-24(23)36-21(3)9-6-7-13-35-25(19)17-29(4)5/h8,10-12,14-15,19-21,25,28,31H,6-7,9,13,16-18H2,1-5H3/t19-,20+,21-,25-/m0/s1. The van der Waals surface area contributed by atoms with Crippen molar-refractivity contribution < 1.29 is 27.8 Å². The average molecular weight is 568 g/mol. The van der Waals surface area contributed by atoms with Crippen LogP contribution in [0.4, 0.5) is 5.69 Å². The molecule has 1 aliphatic heterocycles. The van der Waals surface area contributed by atoms with Gasteiger partial charge in [-0.15, -0.1) is 11.3 Å². The molecule has 2 N–H and O–H groups in total. The summed E-state index contributed by atoms with van der Waals surface area (Å²) in [7, 11) is 0.195. The number of aliphatic hydroxyl groups excluding tert-OH is 1. The number of nitrogens with one attached hydrogen (secondary N) is 1. The third-order valence-electron chi connectivity index (χ3n) is 6.61. The van der Waals surface area contributed by atoms with Crippen LogP contribution in [0.3, 0.4) is 0 Å². The number of hydrogen-bond acceptors (Lipinski definition) is 8. The number of anilines is 1. The average Bonchev–Trinajstić information content (AvgIpc) is 3.42. The fraction of sp³-hybridized carbons (Fsp3) is 0.593. The molecule has 1 aromatic carbocycles. The van der Waals surface area contributed by atoms with E-state index >= 15 is 0 Å². The second-order valence-electron chi connectivity index (χ2n) is 10.3. The molecule has 2 aromatic rings. The maximum atomic E-state index is 14.0. The molecular weight excluding hydrogens is 526 g/mol. The molecule has 0 unspecified atom stereocenters. The van der Waals surface area contributed by atoms with Crippen LogP contribution in [0.25, 0.3) is 0 Å². The minimum absolute atomic E-state index is 0.0119. The molecule has 11 heteroatoms. The van der Waals surface area contributed by atoms with Crippen molar-refractivity contribution in [3.8, 4) is 5.75 Å². The van der Waals surface area contributed by atoms with Gasteiger partial charge < -0.3 is 24.4 Å². The van der Waals surface area contributed by atoms with Gasteiger partial charge in [-0.25, -0.2) is 8.42 Å². The first-order valence-electron chi connectivity index (χ1n) is 13.1. The van der Waals surface area contributed by atoms with Gasteiger partial charge in [0.15, 0.2) is 0 Å². The molecule has 2 heterocycles.